The molecular weight excluding hydrogens is 470 g/mol. The van der Waals surface area contributed by atoms with E-state index in [1.165, 1.54) is 0 Å². The second-order valence-corrected chi connectivity index (χ2v) is 8.62. The van der Waals surface area contributed by atoms with Crippen molar-refractivity contribution >= 4 is 40.1 Å². The topological polar surface area (TPSA) is 110 Å². The van der Waals surface area contributed by atoms with E-state index in [0.29, 0.717) is 55.5 Å². The number of hydrogen-bond donors (Lipinski definition) is 2. The number of pyridine rings is 1. The van der Waals surface area contributed by atoms with Gasteiger partial charge in [0.2, 0.25) is 0 Å². The number of hydrogen-bond acceptors (Lipinski definition) is 7. The smallest absolute Gasteiger partial charge is 0.347 e. The van der Waals surface area contributed by atoms with Crippen LogP contribution in [0.3, 0.4) is 0 Å². The van der Waals surface area contributed by atoms with Crippen molar-refractivity contribution in [3.63, 3.8) is 0 Å². The van der Waals surface area contributed by atoms with Crippen molar-refractivity contribution < 1.29 is 14.3 Å². The fourth-order valence-electron chi connectivity index (χ4n) is 4.40. The molecule has 1 aromatic heterocycles. The van der Waals surface area contributed by atoms with Crippen molar-refractivity contribution in [1.29, 1.82) is 0 Å². The Morgan fingerprint density at radius 2 is 1.74 bits per heavy atom. The third-order valence-electron chi connectivity index (χ3n) is 6.12. The molecule has 1 fully saturated rings. The van der Waals surface area contributed by atoms with Gasteiger partial charge in [0, 0.05) is 55.2 Å². The van der Waals surface area contributed by atoms with Crippen molar-refractivity contribution in [2.75, 3.05) is 51.4 Å². The average Bonchev–Trinajstić information content (AvgIpc) is 2.88. The van der Waals surface area contributed by atoms with Gasteiger partial charge in [0.05, 0.1) is 11.2 Å². The van der Waals surface area contributed by atoms with Gasteiger partial charge in [0.1, 0.15) is 12.3 Å². The number of para-hydroxylation sites is 1. The molecule has 0 spiro atoms. The molecule has 9 nitrogen and oxygen atoms in total. The van der Waals surface area contributed by atoms with Gasteiger partial charge in [-0.15, -0.1) is 0 Å². The Bertz CT molecular complexity index is 1280. The van der Waals surface area contributed by atoms with Gasteiger partial charge in [0.15, 0.2) is 0 Å². The molecule has 35 heavy (non-hydrogen) atoms. The van der Waals surface area contributed by atoms with Crippen LogP contribution in [0.15, 0.2) is 53.3 Å². The van der Waals surface area contributed by atoms with E-state index in [4.69, 9.17) is 22.1 Å². The van der Waals surface area contributed by atoms with Gasteiger partial charge in [-0.3, -0.25) is 15.3 Å². The van der Waals surface area contributed by atoms with Crippen molar-refractivity contribution in [2.24, 2.45) is 5.73 Å². The van der Waals surface area contributed by atoms with Gasteiger partial charge < -0.3 is 24.4 Å². The number of fused-ring (bicyclic) bond motifs is 1. The highest BCUT2D eigenvalue weighted by Crippen LogP contribution is 2.30. The number of rotatable bonds is 7. The summed E-state index contributed by atoms with van der Waals surface area (Å²) >= 11 is 5.94. The van der Waals surface area contributed by atoms with E-state index in [0.717, 1.165) is 10.9 Å². The van der Waals surface area contributed by atoms with Gasteiger partial charge in [-0.05, 0) is 37.4 Å². The van der Waals surface area contributed by atoms with Crippen LogP contribution in [-0.2, 0) is 11.3 Å². The van der Waals surface area contributed by atoms with Crippen molar-refractivity contribution in [3.05, 3.63) is 75.0 Å². The zero-order valence-corrected chi connectivity index (χ0v) is 20.3. The quantitative estimate of drug-likeness (QED) is 0.379. The number of benzene rings is 2. The first-order chi connectivity index (χ1) is 17.0. The van der Waals surface area contributed by atoms with Gasteiger partial charge in [-0.2, -0.15) is 0 Å². The first-order valence-corrected chi connectivity index (χ1v) is 11.8. The zero-order valence-electron chi connectivity index (χ0n) is 19.5. The SMILES string of the molecule is CNCCn1c(=O)c(C(=O)OCN)c(N2CCN(C(=O)c3ccc(Cl)cc3)CC2)c2ccccc21. The van der Waals surface area contributed by atoms with Gasteiger partial charge >= 0.3 is 5.97 Å². The summed E-state index contributed by atoms with van der Waals surface area (Å²) in [7, 11) is 1.80. The third-order valence-corrected chi connectivity index (χ3v) is 6.38. The molecule has 0 saturated carbocycles. The number of aromatic nitrogens is 1. The average molecular weight is 498 g/mol. The van der Waals surface area contributed by atoms with Crippen LogP contribution in [0.2, 0.25) is 5.02 Å². The summed E-state index contributed by atoms with van der Waals surface area (Å²) in [6, 6.07) is 14.3. The Morgan fingerprint density at radius 3 is 2.40 bits per heavy atom. The predicted molar refractivity (Wildman–Crippen MR) is 136 cm³/mol. The van der Waals surface area contributed by atoms with Gasteiger partial charge in [-0.1, -0.05) is 29.8 Å². The van der Waals surface area contributed by atoms with Crippen molar-refractivity contribution in [1.82, 2.24) is 14.8 Å². The molecule has 0 atom stereocenters. The number of nitrogens with two attached hydrogens (primary N) is 1. The summed E-state index contributed by atoms with van der Waals surface area (Å²) in [6.45, 7) is 2.39. The Morgan fingerprint density at radius 1 is 1.06 bits per heavy atom. The molecule has 0 bridgehead atoms. The van der Waals surface area contributed by atoms with E-state index in [1.807, 2.05) is 29.2 Å². The Hall–Kier alpha value is -3.40. The number of carbonyl (C=O) groups excluding carboxylic acids is 2. The second-order valence-electron chi connectivity index (χ2n) is 8.19. The van der Waals surface area contributed by atoms with E-state index >= 15 is 0 Å². The standard InChI is InChI=1S/C25H28ClN5O4/c1-28-10-11-31-20-5-3-2-4-19(20)22(21(24(31)33)25(34)35-16-27)29-12-14-30(15-13-29)23(32)17-6-8-18(26)9-7-17/h2-9,28H,10-16,27H2,1H3. The van der Waals surface area contributed by atoms with E-state index < -0.39 is 11.5 Å². The number of esters is 1. The van der Waals surface area contributed by atoms with Crippen LogP contribution in [0.5, 0.6) is 0 Å². The summed E-state index contributed by atoms with van der Waals surface area (Å²) in [5.41, 5.74) is 6.81. The van der Waals surface area contributed by atoms with Crippen LogP contribution in [-0.4, -0.2) is 67.8 Å². The minimum absolute atomic E-state index is 0.0391. The molecule has 0 unspecified atom stereocenters. The molecule has 2 heterocycles. The third kappa shape index (κ3) is 5.02. The molecule has 1 saturated heterocycles. The van der Waals surface area contributed by atoms with Gasteiger partial charge in [-0.25, -0.2) is 4.79 Å². The number of halogens is 1. The van der Waals surface area contributed by atoms with Crippen LogP contribution >= 0.6 is 11.6 Å². The minimum Gasteiger partial charge on any atom is -0.446 e. The van der Waals surface area contributed by atoms with E-state index in [1.54, 1.807) is 40.8 Å². The molecule has 3 aromatic rings. The first-order valence-electron chi connectivity index (χ1n) is 11.4. The molecule has 4 rings (SSSR count). The summed E-state index contributed by atoms with van der Waals surface area (Å²) < 4.78 is 6.67. The largest absolute Gasteiger partial charge is 0.446 e. The number of likely N-dealkylation sites (N-methyl/N-ethyl adjacent to an activating group) is 1. The van der Waals surface area contributed by atoms with Crippen LogP contribution in [0.1, 0.15) is 20.7 Å². The molecule has 1 aliphatic rings. The molecule has 10 heteroatoms. The monoisotopic (exact) mass is 497 g/mol. The van der Waals surface area contributed by atoms with Crippen LogP contribution < -0.4 is 21.5 Å². The van der Waals surface area contributed by atoms with E-state index in [-0.39, 0.29) is 18.2 Å². The lowest BCUT2D eigenvalue weighted by molar-refractivity contribution is 0.0512. The van der Waals surface area contributed by atoms with Crippen LogP contribution in [0.25, 0.3) is 10.9 Å². The lowest BCUT2D eigenvalue weighted by Crippen LogP contribution is -2.50. The summed E-state index contributed by atoms with van der Waals surface area (Å²) in [5, 5.41) is 4.38. The Balaban J connectivity index is 1.71. The highest BCUT2D eigenvalue weighted by Gasteiger charge is 2.30. The fraction of sp³-hybridized carbons (Fsp3) is 0.320. The number of piperazine rings is 1. The van der Waals surface area contributed by atoms with Crippen LogP contribution in [0, 0.1) is 0 Å². The molecular formula is C25H28ClN5O4. The van der Waals surface area contributed by atoms with Crippen LogP contribution in [0.4, 0.5) is 5.69 Å². The Kier molecular flexibility index (Phi) is 7.70. The predicted octanol–water partition coefficient (Wildman–Crippen LogP) is 1.91. The second kappa shape index (κ2) is 10.9. The number of amides is 1. The molecule has 0 radical (unpaired) electrons. The van der Waals surface area contributed by atoms with E-state index in [9.17, 15) is 14.4 Å². The first kappa shape index (κ1) is 24.7. The van der Waals surface area contributed by atoms with Gasteiger partial charge in [0.25, 0.3) is 11.5 Å². The molecule has 184 valence electrons. The normalized spacial score (nSPS) is 13.8. The lowest BCUT2D eigenvalue weighted by atomic mass is 10.1. The molecule has 0 aliphatic carbocycles. The Labute approximate surface area is 208 Å². The maximum Gasteiger partial charge on any atom is 0.347 e. The summed E-state index contributed by atoms with van der Waals surface area (Å²) in [4.78, 5) is 43.2. The molecule has 2 aromatic carbocycles. The molecule has 1 aliphatic heterocycles. The number of nitrogens with one attached hydrogen (secondary N) is 1. The number of anilines is 1. The van der Waals surface area contributed by atoms with E-state index in [2.05, 4.69) is 5.32 Å². The van der Waals surface area contributed by atoms with Crippen molar-refractivity contribution in [3.8, 4) is 0 Å². The number of ether oxygens (including phenoxy) is 1. The highest BCUT2D eigenvalue weighted by atomic mass is 35.5. The van der Waals surface area contributed by atoms with Crippen molar-refractivity contribution in [2.45, 2.75) is 6.54 Å². The highest BCUT2D eigenvalue weighted by molar-refractivity contribution is 6.30. The number of nitrogens with zero attached hydrogens (tertiary/aromatic N) is 3. The summed E-state index contributed by atoms with van der Waals surface area (Å²) in [5.74, 6) is -0.840. The zero-order chi connectivity index (χ0) is 24.9. The summed E-state index contributed by atoms with van der Waals surface area (Å²) in [6.07, 6.45) is 0. The maximum absolute atomic E-state index is 13.5. The maximum atomic E-state index is 13.5. The lowest BCUT2D eigenvalue weighted by Gasteiger charge is -2.37. The molecule has 3 N–H and O–H groups in total. The minimum atomic E-state index is -0.754. The fourth-order valence-corrected chi connectivity index (χ4v) is 4.53. The number of carbonyl (C=O) groups is 2. The molecule has 1 amide bonds.